The Balaban J connectivity index is 0.000000554. The van der Waals surface area contributed by atoms with Crippen molar-refractivity contribution in [2.24, 2.45) is 5.92 Å². The van der Waals surface area contributed by atoms with Gasteiger partial charge in [0.15, 0.2) is 23.1 Å². The maximum Gasteiger partial charge on any atom is 0.163 e. The van der Waals surface area contributed by atoms with Crippen molar-refractivity contribution < 1.29 is 29.3 Å². The smallest absolute Gasteiger partial charge is 0.163 e. The highest BCUT2D eigenvalue weighted by Crippen LogP contribution is 2.27. The van der Waals surface area contributed by atoms with Gasteiger partial charge in [-0.1, -0.05) is 24.6 Å². The van der Waals surface area contributed by atoms with Crippen LogP contribution in [0.1, 0.15) is 44.1 Å². The van der Waals surface area contributed by atoms with Crippen LogP contribution in [0.15, 0.2) is 48.3 Å². The number of hydrogen-bond acceptors (Lipinski definition) is 7. The van der Waals surface area contributed by atoms with E-state index < -0.39 is 0 Å². The summed E-state index contributed by atoms with van der Waals surface area (Å²) in [6.45, 7) is 2.50. The molecule has 1 aromatic carbocycles. The number of rotatable bonds is 8. The molecule has 1 aromatic rings. The second-order valence-corrected chi connectivity index (χ2v) is 8.13. The zero-order valence-electron chi connectivity index (χ0n) is 19.5. The zero-order valence-corrected chi connectivity index (χ0v) is 19.5. The van der Waals surface area contributed by atoms with Gasteiger partial charge in [0.05, 0.1) is 13.5 Å². The number of allylic oxidation sites excluding steroid dienone is 4. The number of ether oxygens (including phenoxy) is 2. The van der Waals surface area contributed by atoms with Gasteiger partial charge in [-0.15, -0.1) is 0 Å². The molecule has 2 atom stereocenters. The molecule has 0 aromatic heterocycles. The van der Waals surface area contributed by atoms with Gasteiger partial charge in [0, 0.05) is 7.11 Å². The summed E-state index contributed by atoms with van der Waals surface area (Å²) in [5, 5.41) is 22.5. The van der Waals surface area contributed by atoms with E-state index in [2.05, 4.69) is 5.32 Å². The molecule has 0 radical (unpaired) electrons. The number of nitrogens with one attached hydrogen (secondary N) is 1. The highest BCUT2D eigenvalue weighted by Gasteiger charge is 2.22. The summed E-state index contributed by atoms with van der Waals surface area (Å²) < 4.78 is 10.2. The van der Waals surface area contributed by atoms with E-state index >= 15 is 0 Å². The number of carbonyl (C=O) groups excluding carboxylic acids is 2. The van der Waals surface area contributed by atoms with Gasteiger partial charge in [0.2, 0.25) is 0 Å². The van der Waals surface area contributed by atoms with Gasteiger partial charge in [-0.2, -0.15) is 0 Å². The van der Waals surface area contributed by atoms with Gasteiger partial charge in [-0.05, 0) is 80.6 Å². The van der Waals surface area contributed by atoms with Crippen LogP contribution in [0.2, 0.25) is 0 Å². The number of phenols is 1. The van der Waals surface area contributed by atoms with Crippen molar-refractivity contribution in [2.75, 3.05) is 27.3 Å². The van der Waals surface area contributed by atoms with E-state index in [0.29, 0.717) is 24.2 Å². The lowest BCUT2D eigenvalue weighted by atomic mass is 9.90. The lowest BCUT2D eigenvalue weighted by molar-refractivity contribution is -0.121. The normalized spacial score (nSPS) is 20.7. The molecule has 0 saturated carbocycles. The molecule has 3 N–H and O–H groups in total. The first-order chi connectivity index (χ1) is 15.9. The monoisotopic (exact) mass is 457 g/mol. The largest absolute Gasteiger partial charge is 0.510 e. The minimum absolute atomic E-state index is 0.0166. The van der Waals surface area contributed by atoms with Crippen LogP contribution in [0, 0.1) is 5.92 Å². The fraction of sp³-hybridized carbons (Fsp3) is 0.462. The lowest BCUT2D eigenvalue weighted by Crippen LogP contribution is -2.21. The second kappa shape index (κ2) is 14.3. The van der Waals surface area contributed by atoms with Crippen molar-refractivity contribution in [1.82, 2.24) is 5.32 Å². The van der Waals surface area contributed by atoms with Gasteiger partial charge in [-0.3, -0.25) is 9.59 Å². The van der Waals surface area contributed by atoms with Gasteiger partial charge in [-0.25, -0.2) is 0 Å². The highest BCUT2D eigenvalue weighted by atomic mass is 16.5. The molecule has 1 fully saturated rings. The highest BCUT2D eigenvalue weighted by molar-refractivity contribution is 6.09. The molecule has 0 amide bonds. The minimum Gasteiger partial charge on any atom is -0.510 e. The number of hydrogen-bond donors (Lipinski definition) is 3. The van der Waals surface area contributed by atoms with Crippen molar-refractivity contribution in [3.05, 3.63) is 53.8 Å². The van der Waals surface area contributed by atoms with Gasteiger partial charge in [0.1, 0.15) is 11.9 Å². The number of carbonyl (C=O) groups is 2. The molecule has 7 heteroatoms. The average molecular weight is 458 g/mol. The second-order valence-electron chi connectivity index (χ2n) is 8.13. The quantitative estimate of drug-likeness (QED) is 0.398. The fourth-order valence-electron chi connectivity index (χ4n) is 3.59. The molecule has 33 heavy (non-hydrogen) atoms. The molecule has 1 heterocycles. The standard InChI is InChI=1S/C21H24O6.C5H11N/c1-26-20-11-14(5-9-18(20)24)3-7-16(22)13-17(23)8-4-15-6-10-19(25)21(12-15)27-2;1-2-4-6-5-3-1/h3-5,7-11,15,21,24-25H,6,12-13H2,1-2H3;6H,1-5H2/b7-3+,8-4+;. The number of aliphatic hydroxyl groups is 1. The fourth-order valence-corrected chi connectivity index (χ4v) is 3.59. The number of aromatic hydroxyl groups is 1. The number of piperidine rings is 1. The summed E-state index contributed by atoms with van der Waals surface area (Å²) in [7, 11) is 2.97. The third-order valence-corrected chi connectivity index (χ3v) is 5.54. The average Bonchev–Trinajstić information content (AvgIpc) is 2.84. The summed E-state index contributed by atoms with van der Waals surface area (Å²) in [6, 6.07) is 4.71. The molecule has 2 unspecified atom stereocenters. The molecule has 1 aliphatic heterocycles. The van der Waals surface area contributed by atoms with Crippen molar-refractivity contribution in [2.45, 2.75) is 44.6 Å². The summed E-state index contributed by atoms with van der Waals surface area (Å²) >= 11 is 0. The van der Waals surface area contributed by atoms with E-state index in [1.54, 1.807) is 30.4 Å². The van der Waals surface area contributed by atoms with Crippen LogP contribution >= 0.6 is 0 Å². The molecule has 180 valence electrons. The van der Waals surface area contributed by atoms with E-state index in [4.69, 9.17) is 9.47 Å². The van der Waals surface area contributed by atoms with Crippen molar-refractivity contribution in [3.63, 3.8) is 0 Å². The van der Waals surface area contributed by atoms with Gasteiger partial charge in [0.25, 0.3) is 0 Å². The molecular formula is C26H35NO6. The predicted octanol–water partition coefficient (Wildman–Crippen LogP) is 4.13. The van der Waals surface area contributed by atoms with E-state index in [0.717, 1.165) is 0 Å². The van der Waals surface area contributed by atoms with E-state index in [1.165, 1.54) is 64.8 Å². The molecule has 0 bridgehead atoms. The first-order valence-corrected chi connectivity index (χ1v) is 11.3. The molecule has 2 aliphatic rings. The Labute approximate surface area is 195 Å². The number of methoxy groups -OCH3 is 2. The van der Waals surface area contributed by atoms with Crippen LogP contribution in [0.3, 0.4) is 0 Å². The van der Waals surface area contributed by atoms with Crippen LogP contribution < -0.4 is 10.1 Å². The number of phenolic OH excluding ortho intramolecular Hbond substituents is 1. The van der Waals surface area contributed by atoms with E-state index in [9.17, 15) is 19.8 Å². The van der Waals surface area contributed by atoms with Gasteiger partial charge < -0.3 is 25.0 Å². The Morgan fingerprint density at radius 3 is 2.42 bits per heavy atom. The van der Waals surface area contributed by atoms with Crippen molar-refractivity contribution in [3.8, 4) is 11.5 Å². The number of ketones is 2. The summed E-state index contributed by atoms with van der Waals surface area (Å²) in [5.41, 5.74) is 0.681. The summed E-state index contributed by atoms with van der Waals surface area (Å²) in [6.07, 6.45) is 12.6. The van der Waals surface area contributed by atoms with Crippen LogP contribution in [0.4, 0.5) is 0 Å². The molecule has 1 aliphatic carbocycles. The maximum atomic E-state index is 12.0. The Bertz CT molecular complexity index is 858. The van der Waals surface area contributed by atoms with Crippen LogP contribution in [0.25, 0.3) is 6.08 Å². The van der Waals surface area contributed by atoms with Crippen LogP contribution in [0.5, 0.6) is 11.5 Å². The van der Waals surface area contributed by atoms with E-state index in [1.807, 2.05) is 0 Å². The molecule has 0 spiro atoms. The summed E-state index contributed by atoms with van der Waals surface area (Å²) in [5.74, 6) is 0.0475. The summed E-state index contributed by atoms with van der Waals surface area (Å²) in [4.78, 5) is 23.9. The van der Waals surface area contributed by atoms with Crippen molar-refractivity contribution in [1.29, 1.82) is 0 Å². The maximum absolute atomic E-state index is 12.0. The Morgan fingerprint density at radius 2 is 1.82 bits per heavy atom. The third kappa shape index (κ3) is 9.63. The Morgan fingerprint density at radius 1 is 1.09 bits per heavy atom. The topological polar surface area (TPSA) is 105 Å². The van der Waals surface area contributed by atoms with Crippen LogP contribution in [-0.4, -0.2) is 55.2 Å². The number of aliphatic hydroxyl groups excluding tert-OH is 1. The minimum atomic E-state index is -0.352. The SMILES string of the molecule is C1CCNCC1.COc1cc(/C=C/C(=O)CC(=O)/C=C/C2CC=C(O)C(OC)C2)ccc1O. The molecule has 3 rings (SSSR count). The first kappa shape index (κ1) is 26.4. The predicted molar refractivity (Wildman–Crippen MR) is 128 cm³/mol. The Hall–Kier alpha value is -2.90. The number of benzene rings is 1. The van der Waals surface area contributed by atoms with Crippen molar-refractivity contribution >= 4 is 17.6 Å². The first-order valence-electron chi connectivity index (χ1n) is 11.3. The zero-order chi connectivity index (χ0) is 24.1. The molecule has 1 saturated heterocycles. The molecular weight excluding hydrogens is 422 g/mol. The lowest BCUT2D eigenvalue weighted by Gasteiger charge is -2.23. The van der Waals surface area contributed by atoms with Crippen LogP contribution in [-0.2, 0) is 14.3 Å². The van der Waals surface area contributed by atoms with E-state index in [-0.39, 0.29) is 41.5 Å². The third-order valence-electron chi connectivity index (χ3n) is 5.54. The molecule has 7 nitrogen and oxygen atoms in total. The van der Waals surface area contributed by atoms with Gasteiger partial charge >= 0.3 is 0 Å². The Kier molecular flexibility index (Phi) is 11.4.